The van der Waals surface area contributed by atoms with E-state index in [2.05, 4.69) is 70.1 Å². The van der Waals surface area contributed by atoms with Gasteiger partial charge < -0.3 is 0 Å². The molecule has 0 amide bonds. The zero-order chi connectivity index (χ0) is 23.4. The van der Waals surface area contributed by atoms with Gasteiger partial charge in [0, 0.05) is 0 Å². The Labute approximate surface area is 206 Å². The first-order chi connectivity index (χ1) is 15.5. The summed E-state index contributed by atoms with van der Waals surface area (Å²) in [6.07, 6.45) is 8.13. The average Bonchev–Trinajstić information content (AvgIpc) is 2.80. The van der Waals surface area contributed by atoms with Crippen LogP contribution in [0.5, 0.6) is 0 Å². The molecular formula is C28H45NOSSn. The Morgan fingerprint density at radius 2 is 1.34 bits per heavy atom. The molecule has 2 rings (SSSR count). The Morgan fingerprint density at radius 1 is 0.781 bits per heavy atom. The number of aliphatic hydroxyl groups excluding tert-OH is 1. The van der Waals surface area contributed by atoms with E-state index in [9.17, 15) is 5.11 Å². The van der Waals surface area contributed by atoms with Crippen LogP contribution in [-0.2, 0) is 13.2 Å². The summed E-state index contributed by atoms with van der Waals surface area (Å²) in [5.74, 6) is 0. The van der Waals surface area contributed by atoms with Crippen molar-refractivity contribution < 1.29 is 5.11 Å². The third-order valence-electron chi connectivity index (χ3n) is 6.55. The molecule has 0 aliphatic carbocycles. The van der Waals surface area contributed by atoms with Crippen LogP contribution in [0.25, 0.3) is 0 Å². The van der Waals surface area contributed by atoms with Crippen molar-refractivity contribution in [1.82, 2.24) is 4.90 Å². The SMILES string of the molecule is CCC[CH2][Sn]([CH2]CCC)([CH2]CCC)[c]1ccc(Sc2ccccc2CO)c(CN(C)C)c1. The van der Waals surface area contributed by atoms with E-state index in [0.29, 0.717) is 0 Å². The summed E-state index contributed by atoms with van der Waals surface area (Å²) in [6.45, 7) is 8.12. The molecule has 0 bridgehead atoms. The van der Waals surface area contributed by atoms with Crippen molar-refractivity contribution in [3.63, 3.8) is 0 Å². The zero-order valence-electron chi connectivity index (χ0n) is 21.1. The van der Waals surface area contributed by atoms with Gasteiger partial charge >= 0.3 is 207 Å². The number of hydrogen-bond acceptors (Lipinski definition) is 3. The molecule has 0 atom stereocenters. The molecular weight excluding hydrogens is 517 g/mol. The van der Waals surface area contributed by atoms with E-state index in [4.69, 9.17) is 0 Å². The van der Waals surface area contributed by atoms with Gasteiger partial charge in [0.05, 0.1) is 0 Å². The summed E-state index contributed by atoms with van der Waals surface area (Å²) in [5, 5.41) is 9.80. The van der Waals surface area contributed by atoms with Gasteiger partial charge in [-0.05, 0) is 0 Å². The topological polar surface area (TPSA) is 23.5 Å². The van der Waals surface area contributed by atoms with Crippen molar-refractivity contribution in [2.45, 2.75) is 95.5 Å². The second kappa shape index (κ2) is 14.7. The van der Waals surface area contributed by atoms with Gasteiger partial charge in [-0.1, -0.05) is 0 Å². The van der Waals surface area contributed by atoms with Crippen LogP contribution in [0.3, 0.4) is 0 Å². The Morgan fingerprint density at radius 3 is 1.88 bits per heavy atom. The summed E-state index contributed by atoms with van der Waals surface area (Å²) in [7, 11) is 4.34. The predicted octanol–water partition coefficient (Wildman–Crippen LogP) is 7.45. The molecule has 4 heteroatoms. The first-order valence-corrected chi connectivity index (χ1v) is 20.9. The number of benzene rings is 2. The molecule has 0 aliphatic heterocycles. The van der Waals surface area contributed by atoms with Gasteiger partial charge in [-0.2, -0.15) is 0 Å². The third kappa shape index (κ3) is 8.07. The summed E-state index contributed by atoms with van der Waals surface area (Å²) in [5.41, 5.74) is 2.47. The molecule has 32 heavy (non-hydrogen) atoms. The normalized spacial score (nSPS) is 12.0. The van der Waals surface area contributed by atoms with Crippen molar-refractivity contribution in [3.8, 4) is 0 Å². The van der Waals surface area contributed by atoms with Crippen LogP contribution in [0.1, 0.15) is 70.4 Å². The molecule has 2 nitrogen and oxygen atoms in total. The maximum atomic E-state index is 9.80. The first kappa shape index (κ1) is 27.8. The van der Waals surface area contributed by atoms with E-state index in [1.807, 2.05) is 23.9 Å². The monoisotopic (exact) mass is 563 g/mol. The molecule has 0 spiro atoms. The van der Waals surface area contributed by atoms with Crippen molar-refractivity contribution in [2.24, 2.45) is 0 Å². The number of unbranched alkanes of at least 4 members (excludes halogenated alkanes) is 3. The Kier molecular flexibility index (Phi) is 12.7. The average molecular weight is 562 g/mol. The van der Waals surface area contributed by atoms with E-state index < -0.39 is 18.4 Å². The summed E-state index contributed by atoms with van der Waals surface area (Å²) in [4.78, 5) is 4.80. The Hall–Kier alpha value is -0.491. The molecule has 1 N–H and O–H groups in total. The molecule has 2 aromatic rings. The molecule has 0 fully saturated rings. The van der Waals surface area contributed by atoms with Gasteiger partial charge in [-0.3, -0.25) is 0 Å². The Balaban J connectivity index is 2.50. The van der Waals surface area contributed by atoms with Crippen LogP contribution >= 0.6 is 11.8 Å². The number of rotatable bonds is 15. The summed E-state index contributed by atoms with van der Waals surface area (Å²) in [6, 6.07) is 15.8. The molecule has 178 valence electrons. The second-order valence-electron chi connectivity index (χ2n) is 9.52. The van der Waals surface area contributed by atoms with E-state index in [1.54, 1.807) is 3.58 Å². The molecule has 0 aliphatic rings. The molecule has 0 radical (unpaired) electrons. The van der Waals surface area contributed by atoms with Crippen LogP contribution in [0.2, 0.25) is 13.3 Å². The fourth-order valence-electron chi connectivity index (χ4n) is 4.68. The van der Waals surface area contributed by atoms with Crippen LogP contribution in [-0.4, -0.2) is 42.5 Å². The molecule has 0 aromatic heterocycles. The van der Waals surface area contributed by atoms with E-state index in [-0.39, 0.29) is 6.61 Å². The van der Waals surface area contributed by atoms with Crippen LogP contribution in [0.15, 0.2) is 52.3 Å². The number of nitrogens with zero attached hydrogens (tertiary/aromatic N) is 1. The van der Waals surface area contributed by atoms with Gasteiger partial charge in [-0.15, -0.1) is 0 Å². The van der Waals surface area contributed by atoms with Crippen molar-refractivity contribution in [1.29, 1.82) is 0 Å². The number of aliphatic hydroxyl groups is 1. The minimum atomic E-state index is -2.45. The first-order valence-electron chi connectivity index (χ1n) is 12.6. The Bertz CT molecular complexity index is 786. The molecule has 0 heterocycles. The van der Waals surface area contributed by atoms with E-state index >= 15 is 0 Å². The van der Waals surface area contributed by atoms with Crippen molar-refractivity contribution in [3.05, 3.63) is 53.6 Å². The molecule has 0 saturated heterocycles. The van der Waals surface area contributed by atoms with Crippen LogP contribution in [0.4, 0.5) is 0 Å². The van der Waals surface area contributed by atoms with Gasteiger partial charge in [0.15, 0.2) is 0 Å². The van der Waals surface area contributed by atoms with Gasteiger partial charge in [0.2, 0.25) is 0 Å². The van der Waals surface area contributed by atoms with E-state index in [1.165, 1.54) is 67.2 Å². The minimum absolute atomic E-state index is 0.0922. The third-order valence-corrected chi connectivity index (χ3v) is 23.4. The van der Waals surface area contributed by atoms with Gasteiger partial charge in [-0.25, -0.2) is 0 Å². The van der Waals surface area contributed by atoms with Crippen LogP contribution in [0, 0.1) is 0 Å². The van der Waals surface area contributed by atoms with Crippen molar-refractivity contribution in [2.75, 3.05) is 14.1 Å². The fraction of sp³-hybridized carbons (Fsp3) is 0.571. The fourth-order valence-corrected chi connectivity index (χ4v) is 21.8. The van der Waals surface area contributed by atoms with Gasteiger partial charge in [0.1, 0.15) is 0 Å². The second-order valence-corrected chi connectivity index (χ2v) is 23.8. The molecule has 0 unspecified atom stereocenters. The van der Waals surface area contributed by atoms with Crippen LogP contribution < -0.4 is 3.58 Å². The standard InChI is InChI=1S/C16H18NOS.3C4H9.Sn/c1-17(2)11-13-7-3-5-9-15(13)19-16-10-6-4-8-14(16)12-18;3*1-3-4-2;/h4-10,18H,11-12H2,1-2H3;3*1,3-4H2,2H3;. The number of hydrogen-bond donors (Lipinski definition) is 1. The summed E-state index contributed by atoms with van der Waals surface area (Å²) < 4.78 is 6.27. The summed E-state index contributed by atoms with van der Waals surface area (Å²) >= 11 is -0.632. The molecule has 0 saturated carbocycles. The maximum absolute atomic E-state index is 9.80. The predicted molar refractivity (Wildman–Crippen MR) is 145 cm³/mol. The van der Waals surface area contributed by atoms with Crippen molar-refractivity contribution >= 4 is 33.7 Å². The quantitative estimate of drug-likeness (QED) is 0.228. The zero-order valence-corrected chi connectivity index (χ0v) is 24.8. The van der Waals surface area contributed by atoms with Gasteiger partial charge in [0.25, 0.3) is 0 Å². The molecule has 2 aromatic carbocycles. The van der Waals surface area contributed by atoms with E-state index in [0.717, 1.165) is 12.1 Å².